The quantitative estimate of drug-likeness (QED) is 0.765. The van der Waals surface area contributed by atoms with Crippen LogP contribution < -0.4 is 5.73 Å². The Bertz CT molecular complexity index is 699. The fraction of sp³-hybridized carbons (Fsp3) is 0.267. The van der Waals surface area contributed by atoms with E-state index in [-0.39, 0.29) is 0 Å². The van der Waals surface area contributed by atoms with Gasteiger partial charge in [0.2, 0.25) is 0 Å². The van der Waals surface area contributed by atoms with Gasteiger partial charge < -0.3 is 5.73 Å². The molecule has 1 aromatic heterocycles. The molecule has 3 rings (SSSR count). The standard InChI is InChI=1S/C15H17N5/c16-9-4-10-20-15(17-18-19-20)11-13-7-3-6-12-5-1-2-8-14(12)13/h1-3,5-8H,4,9-11,16H2. The number of nitrogens with two attached hydrogens (primary N) is 1. The molecule has 0 aliphatic heterocycles. The van der Waals surface area contributed by atoms with Crippen molar-refractivity contribution in [3.8, 4) is 0 Å². The molecule has 0 aliphatic carbocycles. The van der Waals surface area contributed by atoms with E-state index < -0.39 is 0 Å². The van der Waals surface area contributed by atoms with Gasteiger partial charge in [-0.1, -0.05) is 42.5 Å². The van der Waals surface area contributed by atoms with Crippen LogP contribution in [-0.4, -0.2) is 26.8 Å². The highest BCUT2D eigenvalue weighted by Crippen LogP contribution is 2.20. The zero-order valence-corrected chi connectivity index (χ0v) is 11.2. The number of benzene rings is 2. The predicted molar refractivity (Wildman–Crippen MR) is 78.2 cm³/mol. The largest absolute Gasteiger partial charge is 0.330 e. The topological polar surface area (TPSA) is 69.6 Å². The van der Waals surface area contributed by atoms with Crippen LogP contribution in [0.5, 0.6) is 0 Å². The van der Waals surface area contributed by atoms with Crippen LogP contribution in [0.1, 0.15) is 17.8 Å². The SMILES string of the molecule is NCCCn1nnnc1Cc1cccc2ccccc12. The number of tetrazole rings is 1. The molecule has 0 fully saturated rings. The van der Waals surface area contributed by atoms with E-state index in [1.807, 2.05) is 4.68 Å². The van der Waals surface area contributed by atoms with E-state index in [0.717, 1.165) is 25.2 Å². The predicted octanol–water partition coefficient (Wildman–Crippen LogP) is 1.77. The maximum Gasteiger partial charge on any atom is 0.155 e. The zero-order chi connectivity index (χ0) is 13.8. The second-order valence-electron chi connectivity index (χ2n) is 4.78. The van der Waals surface area contributed by atoms with Crippen LogP contribution in [0.3, 0.4) is 0 Å². The molecule has 2 N–H and O–H groups in total. The fourth-order valence-electron chi connectivity index (χ4n) is 2.38. The highest BCUT2D eigenvalue weighted by Gasteiger charge is 2.08. The number of hydrogen-bond donors (Lipinski definition) is 1. The Balaban J connectivity index is 1.92. The summed E-state index contributed by atoms with van der Waals surface area (Å²) in [5.74, 6) is 0.884. The summed E-state index contributed by atoms with van der Waals surface area (Å²) in [5.41, 5.74) is 6.78. The summed E-state index contributed by atoms with van der Waals surface area (Å²) in [6, 6.07) is 14.7. The highest BCUT2D eigenvalue weighted by atomic mass is 15.5. The Kier molecular flexibility index (Phi) is 3.69. The molecule has 102 valence electrons. The third kappa shape index (κ3) is 2.53. The molecule has 0 amide bonds. The van der Waals surface area contributed by atoms with Gasteiger partial charge in [0.05, 0.1) is 0 Å². The van der Waals surface area contributed by atoms with E-state index in [1.165, 1.54) is 16.3 Å². The van der Waals surface area contributed by atoms with Crippen LogP contribution >= 0.6 is 0 Å². The summed E-state index contributed by atoms with van der Waals surface area (Å²) in [7, 11) is 0. The van der Waals surface area contributed by atoms with Crippen molar-refractivity contribution in [3.63, 3.8) is 0 Å². The molecule has 3 aromatic rings. The third-order valence-electron chi connectivity index (χ3n) is 3.41. The number of aryl methyl sites for hydroxylation is 1. The molecule has 0 saturated heterocycles. The summed E-state index contributed by atoms with van der Waals surface area (Å²) in [4.78, 5) is 0. The first-order valence-electron chi connectivity index (χ1n) is 6.80. The van der Waals surface area contributed by atoms with Gasteiger partial charge in [0.1, 0.15) is 0 Å². The zero-order valence-electron chi connectivity index (χ0n) is 11.2. The Hall–Kier alpha value is -2.27. The van der Waals surface area contributed by atoms with Crippen molar-refractivity contribution < 1.29 is 0 Å². The Morgan fingerprint density at radius 2 is 1.90 bits per heavy atom. The number of hydrogen-bond acceptors (Lipinski definition) is 4. The van der Waals surface area contributed by atoms with Gasteiger partial charge in [-0.3, -0.25) is 0 Å². The van der Waals surface area contributed by atoms with E-state index >= 15 is 0 Å². The lowest BCUT2D eigenvalue weighted by Gasteiger charge is -2.07. The number of rotatable bonds is 5. The van der Waals surface area contributed by atoms with Crippen molar-refractivity contribution >= 4 is 10.8 Å². The van der Waals surface area contributed by atoms with Crippen molar-refractivity contribution in [1.29, 1.82) is 0 Å². The van der Waals surface area contributed by atoms with Gasteiger partial charge in [-0.05, 0) is 39.7 Å². The summed E-state index contributed by atoms with van der Waals surface area (Å²) in [6.07, 6.45) is 1.62. The number of fused-ring (bicyclic) bond motifs is 1. The second kappa shape index (κ2) is 5.79. The van der Waals surface area contributed by atoms with Gasteiger partial charge in [0.15, 0.2) is 5.82 Å². The van der Waals surface area contributed by atoms with Crippen molar-refractivity contribution in [2.45, 2.75) is 19.4 Å². The van der Waals surface area contributed by atoms with E-state index in [9.17, 15) is 0 Å². The minimum absolute atomic E-state index is 0.646. The molecule has 0 unspecified atom stereocenters. The molecule has 0 atom stereocenters. The van der Waals surface area contributed by atoms with Crippen molar-refractivity contribution in [3.05, 3.63) is 53.9 Å². The van der Waals surface area contributed by atoms with E-state index in [4.69, 9.17) is 5.73 Å². The van der Waals surface area contributed by atoms with E-state index in [1.54, 1.807) is 0 Å². The highest BCUT2D eigenvalue weighted by molar-refractivity contribution is 5.85. The second-order valence-corrected chi connectivity index (χ2v) is 4.78. The van der Waals surface area contributed by atoms with Crippen LogP contribution in [0, 0.1) is 0 Å². The Morgan fingerprint density at radius 3 is 2.80 bits per heavy atom. The smallest absolute Gasteiger partial charge is 0.155 e. The first-order chi connectivity index (χ1) is 9.88. The molecule has 0 saturated carbocycles. The first kappa shape index (κ1) is 12.7. The Morgan fingerprint density at radius 1 is 1.05 bits per heavy atom. The molecule has 0 aliphatic rings. The molecule has 20 heavy (non-hydrogen) atoms. The lowest BCUT2D eigenvalue weighted by atomic mass is 10.0. The summed E-state index contributed by atoms with van der Waals surface area (Å²) < 4.78 is 1.84. The molecule has 1 heterocycles. The van der Waals surface area contributed by atoms with Gasteiger partial charge in [-0.2, -0.15) is 0 Å². The molecule has 0 radical (unpaired) electrons. The van der Waals surface area contributed by atoms with Crippen LogP contribution in [0.25, 0.3) is 10.8 Å². The minimum Gasteiger partial charge on any atom is -0.330 e. The number of aromatic nitrogens is 4. The average molecular weight is 267 g/mol. The molecular formula is C15H17N5. The molecule has 2 aromatic carbocycles. The molecule has 5 heteroatoms. The Labute approximate surface area is 117 Å². The number of nitrogens with zero attached hydrogens (tertiary/aromatic N) is 4. The van der Waals surface area contributed by atoms with Crippen LogP contribution in [-0.2, 0) is 13.0 Å². The van der Waals surface area contributed by atoms with Gasteiger partial charge in [0.25, 0.3) is 0 Å². The van der Waals surface area contributed by atoms with Gasteiger partial charge in [-0.15, -0.1) is 5.10 Å². The summed E-state index contributed by atoms with van der Waals surface area (Å²) in [5, 5.41) is 14.4. The molecule has 0 spiro atoms. The monoisotopic (exact) mass is 267 g/mol. The first-order valence-corrected chi connectivity index (χ1v) is 6.80. The molecular weight excluding hydrogens is 250 g/mol. The normalized spacial score (nSPS) is 11.1. The third-order valence-corrected chi connectivity index (χ3v) is 3.41. The average Bonchev–Trinajstić information content (AvgIpc) is 2.93. The van der Waals surface area contributed by atoms with Crippen molar-refractivity contribution in [1.82, 2.24) is 20.2 Å². The molecule has 0 bridgehead atoms. The maximum absolute atomic E-state index is 5.54. The van der Waals surface area contributed by atoms with Gasteiger partial charge in [-0.25, -0.2) is 4.68 Å². The summed E-state index contributed by atoms with van der Waals surface area (Å²) >= 11 is 0. The molecule has 5 nitrogen and oxygen atoms in total. The van der Waals surface area contributed by atoms with Crippen molar-refractivity contribution in [2.75, 3.05) is 6.54 Å². The van der Waals surface area contributed by atoms with E-state index in [0.29, 0.717) is 6.54 Å². The maximum atomic E-state index is 5.54. The lowest BCUT2D eigenvalue weighted by molar-refractivity contribution is 0.547. The van der Waals surface area contributed by atoms with Gasteiger partial charge >= 0.3 is 0 Å². The van der Waals surface area contributed by atoms with Gasteiger partial charge in [0, 0.05) is 13.0 Å². The minimum atomic E-state index is 0.646. The van der Waals surface area contributed by atoms with E-state index in [2.05, 4.69) is 58.0 Å². The fourth-order valence-corrected chi connectivity index (χ4v) is 2.38. The van der Waals surface area contributed by atoms with Crippen molar-refractivity contribution in [2.24, 2.45) is 5.73 Å². The van der Waals surface area contributed by atoms with Crippen LogP contribution in [0.2, 0.25) is 0 Å². The van der Waals surface area contributed by atoms with Crippen LogP contribution in [0.4, 0.5) is 0 Å². The lowest BCUT2D eigenvalue weighted by Crippen LogP contribution is -2.10. The summed E-state index contributed by atoms with van der Waals surface area (Å²) in [6.45, 7) is 1.41. The van der Waals surface area contributed by atoms with Crippen LogP contribution in [0.15, 0.2) is 42.5 Å².